The van der Waals surface area contributed by atoms with Crippen molar-refractivity contribution in [3.05, 3.63) is 95.3 Å². The number of amides is 2. The number of piperidine rings is 2. The Morgan fingerprint density at radius 1 is 0.947 bits per heavy atom. The minimum absolute atomic E-state index is 0.167. The molecule has 0 saturated carbocycles. The van der Waals surface area contributed by atoms with Gasteiger partial charge in [-0.3, -0.25) is 19.4 Å². The molecule has 3 aliphatic rings. The third kappa shape index (κ3) is 9.22. The topological polar surface area (TPSA) is 142 Å². The Labute approximate surface area is 333 Å². The quantitative estimate of drug-likeness (QED) is 0.134. The Hall–Kier alpha value is -5.50. The fourth-order valence-corrected chi connectivity index (χ4v) is 8.16. The second kappa shape index (κ2) is 17.3. The van der Waals surface area contributed by atoms with Crippen molar-refractivity contribution in [3.63, 3.8) is 0 Å². The summed E-state index contributed by atoms with van der Waals surface area (Å²) in [5.74, 6) is 2.22. The number of carboxylic acid groups (broad SMARTS) is 1. The van der Waals surface area contributed by atoms with Crippen LogP contribution < -0.4 is 20.3 Å². The molecule has 0 bridgehead atoms. The number of carbonyl (C=O) groups is 2. The highest BCUT2D eigenvalue weighted by atomic mass is 19.1. The van der Waals surface area contributed by atoms with Crippen LogP contribution in [-0.4, -0.2) is 78.7 Å². The van der Waals surface area contributed by atoms with E-state index in [9.17, 15) is 9.18 Å². The number of hydrogen-bond acceptors (Lipinski definition) is 8. The van der Waals surface area contributed by atoms with Gasteiger partial charge in [0, 0.05) is 43.7 Å². The van der Waals surface area contributed by atoms with Crippen LogP contribution in [0.25, 0.3) is 11.3 Å². The van der Waals surface area contributed by atoms with Crippen LogP contribution in [0.1, 0.15) is 107 Å². The lowest BCUT2D eigenvalue weighted by Crippen LogP contribution is -2.38. The van der Waals surface area contributed by atoms with Crippen molar-refractivity contribution in [2.24, 2.45) is 0 Å². The standard InChI is InChI=1S/C42H52FN9O2.CH2O2/c1-28-10-7-8-21-50(28)41-47-46-38-18-15-32(27-51(38)41)54-36-17-16-35(33-13-5-6-14-34(33)36)44-40(53)45-39-25-37(42(2,3)4)48-52(39)31-12-9-11-29(24-31)26-49-22-19-30(43)20-23-49;2-1-3/h5-6,9,11-15,18,24-25,27-28,30,35-36H,7-8,10,16-17,19-23,26H2,1-4H3,(H2,44,45,53);1H,(H,2,3)/t28?,35-,36+;/m0./s1. The average Bonchev–Trinajstić information content (AvgIpc) is 3.82. The van der Waals surface area contributed by atoms with Gasteiger partial charge in [0.15, 0.2) is 5.65 Å². The fraction of sp³-hybridized carbons (Fsp3) is 0.465. The van der Waals surface area contributed by atoms with E-state index in [0.717, 1.165) is 90.9 Å². The maximum atomic E-state index is 13.8. The van der Waals surface area contributed by atoms with E-state index in [1.165, 1.54) is 6.42 Å². The minimum atomic E-state index is -0.701. The monoisotopic (exact) mass is 779 g/mol. The summed E-state index contributed by atoms with van der Waals surface area (Å²) in [5.41, 5.74) is 5.55. The van der Waals surface area contributed by atoms with Crippen LogP contribution in [0.15, 0.2) is 72.9 Å². The number of hydrogen-bond donors (Lipinski definition) is 3. The first-order valence-corrected chi connectivity index (χ1v) is 20.1. The molecule has 2 amide bonds. The van der Waals surface area contributed by atoms with Crippen LogP contribution in [0.3, 0.4) is 0 Å². The van der Waals surface area contributed by atoms with Crippen molar-refractivity contribution in [1.29, 1.82) is 0 Å². The molecule has 3 atom stereocenters. The molecule has 2 aliphatic heterocycles. The third-order valence-corrected chi connectivity index (χ3v) is 11.2. The van der Waals surface area contributed by atoms with E-state index < -0.39 is 6.17 Å². The van der Waals surface area contributed by atoms with Crippen LogP contribution in [0, 0.1) is 0 Å². The van der Waals surface area contributed by atoms with Crippen molar-refractivity contribution in [1.82, 2.24) is 34.6 Å². The number of likely N-dealkylation sites (tertiary alicyclic amines) is 1. The van der Waals surface area contributed by atoms with Gasteiger partial charge in [-0.1, -0.05) is 57.2 Å². The van der Waals surface area contributed by atoms with Crippen molar-refractivity contribution in [3.8, 4) is 11.4 Å². The molecule has 302 valence electrons. The summed E-state index contributed by atoms with van der Waals surface area (Å²) < 4.78 is 24.3. The summed E-state index contributed by atoms with van der Waals surface area (Å²) in [7, 11) is 0. The molecule has 1 aliphatic carbocycles. The van der Waals surface area contributed by atoms with Crippen LogP contribution >= 0.6 is 0 Å². The summed E-state index contributed by atoms with van der Waals surface area (Å²) in [5, 5.41) is 27.2. The fourth-order valence-electron chi connectivity index (χ4n) is 8.16. The maximum Gasteiger partial charge on any atom is 0.320 e. The molecular formula is C43H54FN9O4. The molecule has 57 heavy (non-hydrogen) atoms. The zero-order valence-corrected chi connectivity index (χ0v) is 33.3. The molecule has 0 spiro atoms. The third-order valence-electron chi connectivity index (χ3n) is 11.2. The Kier molecular flexibility index (Phi) is 12.1. The van der Waals surface area contributed by atoms with Gasteiger partial charge in [0.25, 0.3) is 6.47 Å². The number of ether oxygens (including phenoxy) is 1. The first-order chi connectivity index (χ1) is 27.5. The predicted octanol–water partition coefficient (Wildman–Crippen LogP) is 8.00. The van der Waals surface area contributed by atoms with Gasteiger partial charge in [-0.15, -0.1) is 10.2 Å². The van der Waals surface area contributed by atoms with Gasteiger partial charge in [0.05, 0.1) is 23.6 Å². The number of halogens is 1. The Morgan fingerprint density at radius 3 is 2.47 bits per heavy atom. The van der Waals surface area contributed by atoms with Crippen LogP contribution in [0.2, 0.25) is 0 Å². The molecular weight excluding hydrogens is 726 g/mol. The highest BCUT2D eigenvalue weighted by molar-refractivity contribution is 5.89. The number of rotatable bonds is 8. The zero-order chi connectivity index (χ0) is 40.1. The predicted molar refractivity (Wildman–Crippen MR) is 218 cm³/mol. The number of benzene rings is 2. The van der Waals surface area contributed by atoms with E-state index in [2.05, 4.69) is 82.6 Å². The first kappa shape index (κ1) is 39.7. The normalized spacial score (nSPS) is 20.3. The lowest BCUT2D eigenvalue weighted by molar-refractivity contribution is -0.122. The van der Waals surface area contributed by atoms with E-state index >= 15 is 0 Å². The molecule has 3 aromatic heterocycles. The Balaban J connectivity index is 0.00000160. The summed E-state index contributed by atoms with van der Waals surface area (Å²) in [6.45, 7) is 11.6. The molecule has 2 fully saturated rings. The van der Waals surface area contributed by atoms with Crippen LogP contribution in [-0.2, 0) is 16.8 Å². The Bertz CT molecular complexity index is 2160. The van der Waals surface area contributed by atoms with Crippen LogP contribution in [0.4, 0.5) is 21.0 Å². The number of carbonyl (C=O) groups excluding carboxylic acids is 1. The number of nitrogens with zero attached hydrogens (tertiary/aromatic N) is 7. The molecule has 0 radical (unpaired) electrons. The van der Waals surface area contributed by atoms with Crippen molar-refractivity contribution in [2.45, 2.75) is 109 Å². The number of fused-ring (bicyclic) bond motifs is 2. The van der Waals surface area contributed by atoms with E-state index in [0.29, 0.717) is 31.1 Å². The molecule has 5 aromatic rings. The molecule has 13 nitrogen and oxygen atoms in total. The summed E-state index contributed by atoms with van der Waals surface area (Å²) in [4.78, 5) is 26.8. The number of aromatic nitrogens is 5. The summed E-state index contributed by atoms with van der Waals surface area (Å²) >= 11 is 0. The van der Waals surface area contributed by atoms with Crippen LogP contribution in [0.5, 0.6) is 5.75 Å². The first-order valence-electron chi connectivity index (χ1n) is 20.1. The number of pyridine rings is 1. The lowest BCUT2D eigenvalue weighted by atomic mass is 9.85. The molecule has 8 rings (SSSR count). The van der Waals surface area contributed by atoms with Crippen molar-refractivity contribution in [2.75, 3.05) is 29.9 Å². The second-order valence-corrected chi connectivity index (χ2v) is 16.4. The number of alkyl halides is 1. The van der Waals surface area contributed by atoms with Crippen molar-refractivity contribution < 1.29 is 23.8 Å². The molecule has 3 N–H and O–H groups in total. The van der Waals surface area contributed by atoms with E-state index in [1.54, 1.807) is 0 Å². The molecule has 1 unspecified atom stereocenters. The molecule has 14 heteroatoms. The number of urea groups is 1. The van der Waals surface area contributed by atoms with Gasteiger partial charge in [0.2, 0.25) is 5.95 Å². The highest BCUT2D eigenvalue weighted by Gasteiger charge is 2.31. The minimum Gasteiger partial charge on any atom is -0.484 e. The highest BCUT2D eigenvalue weighted by Crippen LogP contribution is 2.39. The second-order valence-electron chi connectivity index (χ2n) is 16.4. The zero-order valence-electron chi connectivity index (χ0n) is 33.3. The van der Waals surface area contributed by atoms with Gasteiger partial charge >= 0.3 is 6.03 Å². The average molecular weight is 780 g/mol. The maximum absolute atomic E-state index is 13.8. The molecule has 5 heterocycles. The largest absolute Gasteiger partial charge is 0.484 e. The van der Waals surface area contributed by atoms with E-state index in [4.69, 9.17) is 19.7 Å². The Morgan fingerprint density at radius 2 is 1.72 bits per heavy atom. The molecule has 2 aromatic carbocycles. The summed E-state index contributed by atoms with van der Waals surface area (Å²) in [6.07, 6.45) is 7.29. The van der Waals surface area contributed by atoms with E-state index in [1.807, 2.05) is 57.7 Å². The van der Waals surface area contributed by atoms with Gasteiger partial charge in [-0.2, -0.15) is 5.10 Å². The van der Waals surface area contributed by atoms with Gasteiger partial charge < -0.3 is 20.1 Å². The van der Waals surface area contributed by atoms with E-state index in [-0.39, 0.29) is 30.1 Å². The molecule has 2 saturated heterocycles. The summed E-state index contributed by atoms with van der Waals surface area (Å²) in [6, 6.07) is 22.3. The number of nitrogens with one attached hydrogen (secondary N) is 2. The van der Waals surface area contributed by atoms with Gasteiger partial charge in [-0.25, -0.2) is 13.9 Å². The lowest BCUT2D eigenvalue weighted by Gasteiger charge is -2.33. The van der Waals surface area contributed by atoms with Crippen molar-refractivity contribution >= 4 is 29.9 Å². The SMILES string of the molecule is CC1CCCCN1c1nnc2ccc(O[C@@H]3CC[C@H](NC(=O)Nc4cc(C(C)(C)C)nn4-c4cccc(CN5CCC(F)CC5)c4)c4ccccc43)cn12.O=CO. The number of anilines is 2. The van der Waals surface area contributed by atoms with Gasteiger partial charge in [-0.05, 0) is 92.8 Å². The smallest absolute Gasteiger partial charge is 0.320 e. The van der Waals surface area contributed by atoms with Gasteiger partial charge in [0.1, 0.15) is 23.8 Å².